The van der Waals surface area contributed by atoms with Crippen LogP contribution >= 0.6 is 0 Å². The topological polar surface area (TPSA) is 19.7 Å². The fraction of sp³-hybridized carbons (Fsp3) is 0. The van der Waals surface area contributed by atoms with Crippen LogP contribution in [0.5, 0.6) is 0 Å². The van der Waals surface area contributed by atoms with E-state index < -0.39 is 0 Å². The number of hydrogen-bond acceptors (Lipinski definition) is 0. The lowest BCUT2D eigenvalue weighted by Gasteiger charge is -2.11. The Kier molecular flexibility index (Phi) is 14.2. The minimum absolute atomic E-state index is 1.15. The first-order valence-corrected chi connectivity index (χ1v) is 34.4. The summed E-state index contributed by atoms with van der Waals surface area (Å²) in [6.45, 7) is 0. The van der Waals surface area contributed by atoms with E-state index in [0.29, 0.717) is 0 Å². The molecular weight excluding hydrogens is 1210 g/mol. The lowest BCUT2D eigenvalue weighted by atomic mass is 9.98. The SMILES string of the molecule is c1ccc(-c2ccc(-c3ccc4c(c3)c3ccccc3n4-c3ccc(-c4ccc5c(c4)c4ccccc4n5-c4ccccc4)cc3)cc2)cc1.c1ccc(-c2cccc(-c3ccc4c(c3)c3ccccc3n4-c3ccc(-c4ccc5c(c4)c4ccccc4n5-c4ccccc4)cc3)c2)cc1. The van der Waals surface area contributed by atoms with Gasteiger partial charge in [-0.2, -0.15) is 0 Å². The van der Waals surface area contributed by atoms with Gasteiger partial charge in [-0.1, -0.05) is 261 Å². The van der Waals surface area contributed by atoms with Gasteiger partial charge in [0.2, 0.25) is 0 Å². The quantitative estimate of drug-likeness (QED) is 0.130. The molecule has 0 unspecified atom stereocenters. The Bertz CT molecular complexity index is 6450. The van der Waals surface area contributed by atoms with Gasteiger partial charge in [0.15, 0.2) is 0 Å². The van der Waals surface area contributed by atoms with Crippen LogP contribution in [0.15, 0.2) is 388 Å². The van der Waals surface area contributed by atoms with Gasteiger partial charge in [0.05, 0.1) is 44.1 Å². The molecule has 20 rings (SSSR count). The molecule has 0 atom stereocenters. The zero-order chi connectivity index (χ0) is 66.0. The van der Waals surface area contributed by atoms with Gasteiger partial charge in [-0.05, 0) is 194 Å². The van der Waals surface area contributed by atoms with Crippen molar-refractivity contribution in [3.05, 3.63) is 388 Å². The van der Waals surface area contributed by atoms with Crippen LogP contribution in [0.4, 0.5) is 0 Å². The van der Waals surface area contributed by atoms with E-state index in [1.54, 1.807) is 0 Å². The number of nitrogens with zero attached hydrogens (tertiary/aromatic N) is 4. The standard InChI is InChI=1S/2C48H32N2/c1-3-12-33(13-4-1)35-14-11-15-36(30-35)38-25-29-48-44(32-38)42-19-8-10-21-46(42)50(48)40-26-22-34(23-27-40)37-24-28-47-43(31-37)41-18-7-9-20-45(41)49(47)39-16-5-2-6-17-39;1-3-11-33(12-4-1)34-19-21-35(22-20-34)37-25-30-48-44(31-37)42-16-8-10-18-46(42)50(48)40-27-23-36(24-28-40)38-26-29-47-43(32-38)41-15-7-9-17-45(41)49(47)39-13-5-2-6-14-39/h2*1-32H. The summed E-state index contributed by atoms with van der Waals surface area (Å²) in [6, 6.07) is 141. The highest BCUT2D eigenvalue weighted by Gasteiger charge is 2.19. The van der Waals surface area contributed by atoms with Crippen LogP contribution in [0.25, 0.3) is 177 Å². The van der Waals surface area contributed by atoms with Gasteiger partial charge in [0, 0.05) is 65.8 Å². The zero-order valence-electron chi connectivity index (χ0n) is 54.7. The van der Waals surface area contributed by atoms with E-state index in [-0.39, 0.29) is 0 Å². The first-order valence-electron chi connectivity index (χ1n) is 34.4. The number of para-hydroxylation sites is 6. The summed E-state index contributed by atoms with van der Waals surface area (Å²) in [7, 11) is 0. The van der Waals surface area contributed by atoms with Crippen molar-refractivity contribution in [3.63, 3.8) is 0 Å². The summed E-state index contributed by atoms with van der Waals surface area (Å²) in [4.78, 5) is 0. The van der Waals surface area contributed by atoms with Crippen LogP contribution in [0.3, 0.4) is 0 Å². The third-order valence-corrected chi connectivity index (χ3v) is 20.3. The van der Waals surface area contributed by atoms with Crippen LogP contribution in [0, 0.1) is 0 Å². The van der Waals surface area contributed by atoms with Crippen molar-refractivity contribution in [2.45, 2.75) is 0 Å². The lowest BCUT2D eigenvalue weighted by Crippen LogP contribution is -1.94. The smallest absolute Gasteiger partial charge is 0.0541 e. The molecule has 0 amide bonds. The zero-order valence-corrected chi connectivity index (χ0v) is 54.7. The fourth-order valence-electron chi connectivity index (χ4n) is 15.5. The van der Waals surface area contributed by atoms with Crippen molar-refractivity contribution in [2.75, 3.05) is 0 Å². The minimum Gasteiger partial charge on any atom is -0.309 e. The highest BCUT2D eigenvalue weighted by atomic mass is 15.0. The highest BCUT2D eigenvalue weighted by Crippen LogP contribution is 2.42. The number of aromatic nitrogens is 4. The maximum atomic E-state index is 2.40. The van der Waals surface area contributed by atoms with E-state index >= 15 is 0 Å². The molecule has 4 heterocycles. The monoisotopic (exact) mass is 1270 g/mol. The van der Waals surface area contributed by atoms with Crippen LogP contribution in [-0.4, -0.2) is 18.3 Å². The van der Waals surface area contributed by atoms with Crippen molar-refractivity contribution in [1.82, 2.24) is 18.3 Å². The van der Waals surface area contributed by atoms with Crippen LogP contribution in [0.2, 0.25) is 0 Å². The van der Waals surface area contributed by atoms with Gasteiger partial charge in [-0.3, -0.25) is 0 Å². The predicted octanol–water partition coefficient (Wildman–Crippen LogP) is 25.8. The van der Waals surface area contributed by atoms with Gasteiger partial charge in [-0.25, -0.2) is 0 Å². The van der Waals surface area contributed by atoms with E-state index in [4.69, 9.17) is 0 Å². The maximum Gasteiger partial charge on any atom is 0.0541 e. The molecule has 0 aliphatic heterocycles. The Morgan fingerprint density at radius 2 is 0.300 bits per heavy atom. The van der Waals surface area contributed by atoms with Gasteiger partial charge >= 0.3 is 0 Å². The molecule has 0 spiro atoms. The van der Waals surface area contributed by atoms with Crippen molar-refractivity contribution in [1.29, 1.82) is 0 Å². The first-order chi connectivity index (χ1) is 49.6. The number of fused-ring (bicyclic) bond motifs is 12. The van der Waals surface area contributed by atoms with Gasteiger partial charge < -0.3 is 18.3 Å². The molecule has 100 heavy (non-hydrogen) atoms. The Hall–Kier alpha value is -13.3. The Labute approximate surface area is 579 Å². The number of benzene rings is 16. The Morgan fingerprint density at radius 1 is 0.110 bits per heavy atom. The van der Waals surface area contributed by atoms with E-state index in [9.17, 15) is 0 Å². The average Bonchev–Trinajstić information content (AvgIpc) is 1.61. The first kappa shape index (κ1) is 58.1. The molecule has 4 heteroatoms. The van der Waals surface area contributed by atoms with Gasteiger partial charge in [0.1, 0.15) is 0 Å². The molecule has 0 aliphatic carbocycles. The molecule has 4 nitrogen and oxygen atoms in total. The molecule has 20 aromatic rings. The number of rotatable bonds is 10. The third kappa shape index (κ3) is 10.1. The van der Waals surface area contributed by atoms with E-state index in [0.717, 1.165) is 11.4 Å². The Morgan fingerprint density at radius 3 is 0.630 bits per heavy atom. The largest absolute Gasteiger partial charge is 0.309 e. The average molecular weight is 1270 g/mol. The Balaban J connectivity index is 0.000000139. The van der Waals surface area contributed by atoms with E-state index in [2.05, 4.69) is 407 Å². The molecule has 0 radical (unpaired) electrons. The fourth-order valence-corrected chi connectivity index (χ4v) is 15.5. The van der Waals surface area contributed by atoms with Crippen molar-refractivity contribution < 1.29 is 0 Å². The molecule has 16 aromatic carbocycles. The second-order valence-electron chi connectivity index (χ2n) is 26.0. The summed E-state index contributed by atoms with van der Waals surface area (Å²) in [5.41, 5.74) is 29.0. The molecule has 4 aromatic heterocycles. The molecule has 0 saturated heterocycles. The summed E-state index contributed by atoms with van der Waals surface area (Å²) in [5, 5.41) is 10.1. The van der Waals surface area contributed by atoms with Crippen LogP contribution < -0.4 is 0 Å². The summed E-state index contributed by atoms with van der Waals surface area (Å²) in [5.74, 6) is 0. The second-order valence-corrected chi connectivity index (χ2v) is 26.0. The minimum atomic E-state index is 1.15. The van der Waals surface area contributed by atoms with Gasteiger partial charge in [0.25, 0.3) is 0 Å². The van der Waals surface area contributed by atoms with Crippen LogP contribution in [0.1, 0.15) is 0 Å². The lowest BCUT2D eigenvalue weighted by molar-refractivity contribution is 1.18. The van der Waals surface area contributed by atoms with Crippen molar-refractivity contribution in [3.8, 4) is 89.5 Å². The maximum absolute atomic E-state index is 2.40. The van der Waals surface area contributed by atoms with Gasteiger partial charge in [-0.15, -0.1) is 0 Å². The number of hydrogen-bond donors (Lipinski definition) is 0. The van der Waals surface area contributed by atoms with E-state index in [1.165, 1.54) is 165 Å². The summed E-state index contributed by atoms with van der Waals surface area (Å²) >= 11 is 0. The van der Waals surface area contributed by atoms with E-state index in [1.807, 2.05) is 0 Å². The third-order valence-electron chi connectivity index (χ3n) is 20.3. The summed E-state index contributed by atoms with van der Waals surface area (Å²) < 4.78 is 9.53. The molecule has 0 fully saturated rings. The molecule has 468 valence electrons. The molecule has 0 saturated carbocycles. The molecule has 0 bridgehead atoms. The molecular formula is C96H64N4. The summed E-state index contributed by atoms with van der Waals surface area (Å²) in [6.07, 6.45) is 0. The second kappa shape index (κ2) is 24.4. The predicted molar refractivity (Wildman–Crippen MR) is 423 cm³/mol. The molecule has 0 N–H and O–H groups in total. The van der Waals surface area contributed by atoms with Crippen molar-refractivity contribution in [2.24, 2.45) is 0 Å². The van der Waals surface area contributed by atoms with Crippen LogP contribution in [-0.2, 0) is 0 Å². The highest BCUT2D eigenvalue weighted by molar-refractivity contribution is 6.14. The molecule has 0 aliphatic rings. The normalized spacial score (nSPS) is 11.6. The van der Waals surface area contributed by atoms with Crippen molar-refractivity contribution >= 4 is 87.2 Å².